The van der Waals surface area contributed by atoms with Gasteiger partial charge in [-0.3, -0.25) is 4.90 Å². The highest BCUT2D eigenvalue weighted by Gasteiger charge is 2.23. The second-order valence-electron chi connectivity index (χ2n) is 6.78. The fourth-order valence-electron chi connectivity index (χ4n) is 3.56. The molecule has 1 aliphatic rings. The van der Waals surface area contributed by atoms with Crippen LogP contribution in [0, 0.1) is 6.92 Å². The van der Waals surface area contributed by atoms with Gasteiger partial charge in [-0.05, 0) is 44.4 Å². The van der Waals surface area contributed by atoms with Gasteiger partial charge in [0.05, 0.1) is 0 Å². The summed E-state index contributed by atoms with van der Waals surface area (Å²) >= 11 is 0. The van der Waals surface area contributed by atoms with Gasteiger partial charge in [0, 0.05) is 25.2 Å². The number of aryl methyl sites for hydroxylation is 1. The fourth-order valence-corrected chi connectivity index (χ4v) is 3.56. The van der Waals surface area contributed by atoms with Crippen LogP contribution in [-0.4, -0.2) is 43.8 Å². The second kappa shape index (κ2) is 6.80. The van der Waals surface area contributed by atoms with Gasteiger partial charge in [-0.15, -0.1) is 15.3 Å². The summed E-state index contributed by atoms with van der Waals surface area (Å²) in [6.07, 6.45) is 2.25. The summed E-state index contributed by atoms with van der Waals surface area (Å²) in [4.78, 5) is 2.56. The maximum Gasteiger partial charge on any atom is 0.178 e. The molecule has 3 aromatic rings. The smallest absolute Gasteiger partial charge is 0.178 e. The SMILES string of the molecule is Cc1nnc2ccc(NC3CCN([C@@H](C)c4ccccc4)CC3)nn12. The largest absolute Gasteiger partial charge is 0.366 e. The van der Waals surface area contributed by atoms with Gasteiger partial charge in [-0.2, -0.15) is 4.52 Å². The average Bonchev–Trinajstić information content (AvgIpc) is 3.03. The summed E-state index contributed by atoms with van der Waals surface area (Å²) < 4.78 is 1.79. The Kier molecular flexibility index (Phi) is 4.36. The molecule has 0 saturated carbocycles. The molecule has 1 atom stereocenters. The van der Waals surface area contributed by atoms with Crippen molar-refractivity contribution in [2.75, 3.05) is 18.4 Å². The van der Waals surface area contributed by atoms with E-state index in [4.69, 9.17) is 0 Å². The first-order valence-corrected chi connectivity index (χ1v) is 8.95. The van der Waals surface area contributed by atoms with Crippen molar-refractivity contribution in [3.8, 4) is 0 Å². The first-order valence-electron chi connectivity index (χ1n) is 8.95. The van der Waals surface area contributed by atoms with E-state index in [0.717, 1.165) is 43.2 Å². The summed E-state index contributed by atoms with van der Waals surface area (Å²) in [6.45, 7) is 6.41. The van der Waals surface area contributed by atoms with Gasteiger partial charge in [-0.25, -0.2) is 0 Å². The van der Waals surface area contributed by atoms with Gasteiger partial charge in [-0.1, -0.05) is 30.3 Å². The molecule has 1 saturated heterocycles. The minimum absolute atomic E-state index is 0.459. The number of likely N-dealkylation sites (tertiary alicyclic amines) is 1. The van der Waals surface area contributed by atoms with E-state index in [1.54, 1.807) is 4.52 Å². The fraction of sp³-hybridized carbons (Fsp3) is 0.421. The Morgan fingerprint density at radius 3 is 2.56 bits per heavy atom. The predicted molar refractivity (Wildman–Crippen MR) is 98.6 cm³/mol. The molecular formula is C19H24N6. The predicted octanol–water partition coefficient (Wildman–Crippen LogP) is 3.07. The van der Waals surface area contributed by atoms with Gasteiger partial charge in [0.1, 0.15) is 5.82 Å². The van der Waals surface area contributed by atoms with Crippen molar-refractivity contribution in [2.24, 2.45) is 0 Å². The Morgan fingerprint density at radius 2 is 1.80 bits per heavy atom. The topological polar surface area (TPSA) is 58.4 Å². The van der Waals surface area contributed by atoms with Crippen LogP contribution < -0.4 is 5.32 Å². The lowest BCUT2D eigenvalue weighted by Crippen LogP contribution is -2.40. The van der Waals surface area contributed by atoms with Crippen LogP contribution in [-0.2, 0) is 0 Å². The lowest BCUT2D eigenvalue weighted by molar-refractivity contribution is 0.167. The average molecular weight is 336 g/mol. The third kappa shape index (κ3) is 3.35. The summed E-state index contributed by atoms with van der Waals surface area (Å²) in [7, 11) is 0. The van der Waals surface area contributed by atoms with Crippen LogP contribution in [0.15, 0.2) is 42.5 Å². The number of fused-ring (bicyclic) bond motifs is 1. The lowest BCUT2D eigenvalue weighted by atomic mass is 10.0. The molecule has 130 valence electrons. The molecule has 1 aliphatic heterocycles. The molecule has 0 bridgehead atoms. The zero-order chi connectivity index (χ0) is 17.2. The standard InChI is InChI=1S/C19H24N6/c1-14(16-6-4-3-5-7-16)24-12-10-17(11-13-24)20-18-8-9-19-22-21-15(2)25(19)23-18/h3-9,14,17H,10-13H2,1-2H3,(H,20,23)/t14-/m0/s1. The normalized spacial score (nSPS) is 17.7. The molecule has 6 nitrogen and oxygen atoms in total. The van der Waals surface area contributed by atoms with Crippen LogP contribution in [0.2, 0.25) is 0 Å². The Hall–Kier alpha value is -2.47. The monoisotopic (exact) mass is 336 g/mol. The molecule has 3 heterocycles. The van der Waals surface area contributed by atoms with Gasteiger partial charge in [0.2, 0.25) is 0 Å². The maximum absolute atomic E-state index is 4.60. The molecule has 0 amide bonds. The quantitative estimate of drug-likeness (QED) is 0.793. The van der Waals surface area contributed by atoms with Gasteiger partial charge in [0.15, 0.2) is 11.5 Å². The lowest BCUT2D eigenvalue weighted by Gasteiger charge is -2.36. The molecule has 25 heavy (non-hydrogen) atoms. The summed E-state index contributed by atoms with van der Waals surface area (Å²) in [5, 5.41) is 16.3. The molecule has 1 N–H and O–H groups in total. The van der Waals surface area contributed by atoms with Crippen molar-refractivity contribution in [3.63, 3.8) is 0 Å². The number of hydrogen-bond donors (Lipinski definition) is 1. The van der Waals surface area contributed by atoms with Crippen molar-refractivity contribution in [2.45, 2.75) is 38.8 Å². The molecule has 1 fully saturated rings. The van der Waals surface area contributed by atoms with Crippen molar-refractivity contribution >= 4 is 11.5 Å². The maximum atomic E-state index is 4.60. The third-order valence-corrected chi connectivity index (χ3v) is 5.13. The molecule has 6 heteroatoms. The summed E-state index contributed by atoms with van der Waals surface area (Å²) in [6, 6.07) is 15.6. The van der Waals surface area contributed by atoms with Crippen molar-refractivity contribution < 1.29 is 0 Å². The van der Waals surface area contributed by atoms with Crippen molar-refractivity contribution in [1.29, 1.82) is 0 Å². The molecule has 0 aliphatic carbocycles. The molecule has 1 aromatic carbocycles. The number of nitrogens with one attached hydrogen (secondary N) is 1. The van der Waals surface area contributed by atoms with E-state index in [9.17, 15) is 0 Å². The van der Waals surface area contributed by atoms with E-state index in [1.807, 2.05) is 19.1 Å². The van der Waals surface area contributed by atoms with Crippen molar-refractivity contribution in [1.82, 2.24) is 24.7 Å². The van der Waals surface area contributed by atoms with Gasteiger partial charge >= 0.3 is 0 Å². The first kappa shape index (κ1) is 16.0. The van der Waals surface area contributed by atoms with Gasteiger partial charge < -0.3 is 5.32 Å². The molecule has 0 spiro atoms. The number of nitrogens with zero attached hydrogens (tertiary/aromatic N) is 5. The highest BCUT2D eigenvalue weighted by Crippen LogP contribution is 2.25. The Morgan fingerprint density at radius 1 is 1.04 bits per heavy atom. The van der Waals surface area contributed by atoms with Crippen LogP contribution in [0.1, 0.15) is 37.2 Å². The van der Waals surface area contributed by atoms with E-state index in [1.165, 1.54) is 5.56 Å². The number of anilines is 1. The van der Waals surface area contributed by atoms with E-state index < -0.39 is 0 Å². The molecule has 4 rings (SSSR count). The first-order chi connectivity index (χ1) is 12.2. The highest BCUT2D eigenvalue weighted by molar-refractivity contribution is 5.44. The number of aromatic nitrogens is 4. The Balaban J connectivity index is 1.37. The number of rotatable bonds is 4. The zero-order valence-electron chi connectivity index (χ0n) is 14.8. The van der Waals surface area contributed by atoms with Crippen molar-refractivity contribution in [3.05, 3.63) is 53.9 Å². The minimum atomic E-state index is 0.459. The minimum Gasteiger partial charge on any atom is -0.366 e. The van der Waals surface area contributed by atoms with E-state index in [-0.39, 0.29) is 0 Å². The summed E-state index contributed by atoms with van der Waals surface area (Å²) in [5.41, 5.74) is 2.18. The van der Waals surface area contributed by atoms with Crippen LogP contribution in [0.4, 0.5) is 5.82 Å². The summed E-state index contributed by atoms with van der Waals surface area (Å²) in [5.74, 6) is 1.70. The molecular weight excluding hydrogens is 312 g/mol. The second-order valence-corrected chi connectivity index (χ2v) is 6.78. The number of hydrogen-bond acceptors (Lipinski definition) is 5. The number of piperidine rings is 1. The Labute approximate surface area is 147 Å². The van der Waals surface area contributed by atoms with Crippen LogP contribution >= 0.6 is 0 Å². The van der Waals surface area contributed by atoms with E-state index >= 15 is 0 Å². The van der Waals surface area contributed by atoms with Crippen LogP contribution in [0.5, 0.6) is 0 Å². The molecule has 0 unspecified atom stereocenters. The van der Waals surface area contributed by atoms with Crippen LogP contribution in [0.3, 0.4) is 0 Å². The number of benzene rings is 1. The van der Waals surface area contributed by atoms with Gasteiger partial charge in [0.25, 0.3) is 0 Å². The van der Waals surface area contributed by atoms with Crippen LogP contribution in [0.25, 0.3) is 5.65 Å². The highest BCUT2D eigenvalue weighted by atomic mass is 15.4. The Bertz CT molecular complexity index is 836. The van der Waals surface area contributed by atoms with E-state index in [2.05, 4.69) is 62.8 Å². The third-order valence-electron chi connectivity index (χ3n) is 5.13. The zero-order valence-corrected chi connectivity index (χ0v) is 14.8. The molecule has 2 aromatic heterocycles. The molecule has 0 radical (unpaired) electrons. The van der Waals surface area contributed by atoms with E-state index in [0.29, 0.717) is 12.1 Å².